The second-order valence-electron chi connectivity index (χ2n) is 2.72. The molecule has 0 fully saturated rings. The maximum atomic E-state index is 5.29. The fraction of sp³-hybridized carbons (Fsp3) is 0.857. The Hall–Kier alpha value is -0.180. The van der Waals surface area contributed by atoms with Crippen LogP contribution < -0.4 is 0 Å². The van der Waals surface area contributed by atoms with Crippen molar-refractivity contribution in [1.29, 1.82) is 0 Å². The van der Waals surface area contributed by atoms with Gasteiger partial charge in [0.05, 0.1) is 6.04 Å². The lowest BCUT2D eigenvalue weighted by Crippen LogP contribution is -2.13. The molecular weight excluding hydrogens is 146 g/mol. The number of aliphatic imine (C=N–C) groups is 1. The summed E-state index contributed by atoms with van der Waals surface area (Å²) in [5, 5.41) is 0.846. The van der Waals surface area contributed by atoms with E-state index in [1.54, 1.807) is 11.8 Å². The minimum Gasteiger partial charge on any atom is -0.471 e. The zero-order chi connectivity index (χ0) is 7.56. The van der Waals surface area contributed by atoms with E-state index in [0.717, 1.165) is 11.8 Å². The average Bonchev–Trinajstić information content (AvgIpc) is 2.34. The van der Waals surface area contributed by atoms with Gasteiger partial charge in [0.1, 0.15) is 6.61 Å². The first-order valence-electron chi connectivity index (χ1n) is 3.48. The number of rotatable bonds is 1. The molecule has 1 aliphatic rings. The quantitative estimate of drug-likeness (QED) is 0.581. The molecule has 10 heavy (non-hydrogen) atoms. The van der Waals surface area contributed by atoms with Crippen LogP contribution in [0.4, 0.5) is 0 Å². The van der Waals surface area contributed by atoms with Crippen LogP contribution in [0.3, 0.4) is 0 Å². The highest BCUT2D eigenvalue weighted by Gasteiger charge is 2.20. The fourth-order valence-electron chi connectivity index (χ4n) is 0.820. The summed E-state index contributed by atoms with van der Waals surface area (Å²) in [5.41, 5.74) is 0. The van der Waals surface area contributed by atoms with Crippen molar-refractivity contribution in [3.8, 4) is 0 Å². The molecule has 0 aromatic heterocycles. The topological polar surface area (TPSA) is 21.6 Å². The predicted molar refractivity (Wildman–Crippen MR) is 45.5 cm³/mol. The van der Waals surface area contributed by atoms with Crippen molar-refractivity contribution in [1.82, 2.24) is 0 Å². The van der Waals surface area contributed by atoms with Gasteiger partial charge in [0, 0.05) is 0 Å². The van der Waals surface area contributed by atoms with Crippen LogP contribution in [0.15, 0.2) is 4.99 Å². The summed E-state index contributed by atoms with van der Waals surface area (Å²) >= 11 is 1.58. The second kappa shape index (κ2) is 3.28. The lowest BCUT2D eigenvalue weighted by Gasteiger charge is -2.06. The summed E-state index contributed by atoms with van der Waals surface area (Å²) in [5.74, 6) is 0.602. The maximum absolute atomic E-state index is 5.29. The molecule has 0 aliphatic carbocycles. The standard InChI is InChI=1S/C7H13NOS/c1-5(2)6-4-9-7(8-6)10-3/h5-6H,4H2,1-3H3. The summed E-state index contributed by atoms with van der Waals surface area (Å²) < 4.78 is 5.29. The summed E-state index contributed by atoms with van der Waals surface area (Å²) in [6, 6.07) is 0.391. The molecule has 0 amide bonds. The van der Waals surface area contributed by atoms with Crippen LogP contribution in [0.5, 0.6) is 0 Å². The highest BCUT2D eigenvalue weighted by molar-refractivity contribution is 8.12. The third-order valence-corrected chi connectivity index (χ3v) is 2.17. The van der Waals surface area contributed by atoms with E-state index in [0.29, 0.717) is 12.0 Å². The minimum absolute atomic E-state index is 0.391. The molecule has 1 unspecified atom stereocenters. The van der Waals surface area contributed by atoms with Crippen molar-refractivity contribution in [2.45, 2.75) is 19.9 Å². The second-order valence-corrected chi connectivity index (χ2v) is 3.48. The zero-order valence-electron chi connectivity index (χ0n) is 6.63. The highest BCUT2D eigenvalue weighted by atomic mass is 32.2. The van der Waals surface area contributed by atoms with Gasteiger partial charge in [0.2, 0.25) is 5.23 Å². The van der Waals surface area contributed by atoms with Gasteiger partial charge in [0.25, 0.3) is 0 Å². The number of thioether (sulfide) groups is 1. The third-order valence-electron chi connectivity index (χ3n) is 1.59. The molecule has 2 nitrogen and oxygen atoms in total. The average molecular weight is 159 g/mol. The molecule has 0 aromatic carbocycles. The van der Waals surface area contributed by atoms with Gasteiger partial charge >= 0.3 is 0 Å². The summed E-state index contributed by atoms with van der Waals surface area (Å²) in [6.07, 6.45) is 1.99. The fourth-order valence-corrected chi connectivity index (χ4v) is 1.25. The van der Waals surface area contributed by atoms with Gasteiger partial charge in [-0.2, -0.15) is 0 Å². The Morgan fingerprint density at radius 1 is 1.70 bits per heavy atom. The molecule has 0 N–H and O–H groups in total. The molecule has 1 rings (SSSR count). The molecule has 58 valence electrons. The third kappa shape index (κ3) is 1.66. The first-order valence-corrected chi connectivity index (χ1v) is 4.71. The number of nitrogens with zero attached hydrogens (tertiary/aromatic N) is 1. The number of ether oxygens (including phenoxy) is 1. The van der Waals surface area contributed by atoms with Crippen molar-refractivity contribution >= 4 is 17.0 Å². The van der Waals surface area contributed by atoms with Gasteiger partial charge in [0.15, 0.2) is 0 Å². The van der Waals surface area contributed by atoms with Crippen LogP contribution in [0.25, 0.3) is 0 Å². The van der Waals surface area contributed by atoms with Crippen LogP contribution in [0.1, 0.15) is 13.8 Å². The molecule has 0 saturated heterocycles. The van der Waals surface area contributed by atoms with Crippen molar-refractivity contribution in [2.75, 3.05) is 12.9 Å². The Morgan fingerprint density at radius 2 is 2.40 bits per heavy atom. The zero-order valence-corrected chi connectivity index (χ0v) is 7.44. The molecule has 1 atom stereocenters. The van der Waals surface area contributed by atoms with Crippen molar-refractivity contribution in [3.05, 3.63) is 0 Å². The highest BCUT2D eigenvalue weighted by Crippen LogP contribution is 2.17. The molecule has 1 heterocycles. The Labute approximate surface area is 66.1 Å². The maximum Gasteiger partial charge on any atom is 0.245 e. The van der Waals surface area contributed by atoms with Gasteiger partial charge < -0.3 is 4.74 Å². The number of hydrogen-bond donors (Lipinski definition) is 0. The smallest absolute Gasteiger partial charge is 0.245 e. The summed E-state index contributed by atoms with van der Waals surface area (Å²) in [4.78, 5) is 4.36. The first-order chi connectivity index (χ1) is 4.74. The molecular formula is C7H13NOS. The lowest BCUT2D eigenvalue weighted by molar-refractivity contribution is 0.297. The van der Waals surface area contributed by atoms with Crippen LogP contribution in [0, 0.1) is 5.92 Å². The van der Waals surface area contributed by atoms with E-state index in [1.807, 2.05) is 6.26 Å². The van der Waals surface area contributed by atoms with Gasteiger partial charge in [-0.25, -0.2) is 4.99 Å². The van der Waals surface area contributed by atoms with E-state index >= 15 is 0 Å². The van der Waals surface area contributed by atoms with Gasteiger partial charge in [-0.1, -0.05) is 25.6 Å². The molecule has 3 heteroatoms. The van der Waals surface area contributed by atoms with E-state index in [4.69, 9.17) is 4.74 Å². The Morgan fingerprint density at radius 3 is 2.70 bits per heavy atom. The van der Waals surface area contributed by atoms with E-state index < -0.39 is 0 Å². The normalized spacial score (nSPS) is 24.8. The number of hydrogen-bond acceptors (Lipinski definition) is 3. The van der Waals surface area contributed by atoms with Crippen molar-refractivity contribution in [2.24, 2.45) is 10.9 Å². The molecule has 0 radical (unpaired) electrons. The molecule has 0 aromatic rings. The Balaban J connectivity index is 2.47. The van der Waals surface area contributed by atoms with E-state index in [2.05, 4.69) is 18.8 Å². The van der Waals surface area contributed by atoms with Crippen molar-refractivity contribution < 1.29 is 4.74 Å². The summed E-state index contributed by atoms with van der Waals surface area (Å²) in [7, 11) is 0. The van der Waals surface area contributed by atoms with Crippen molar-refractivity contribution in [3.63, 3.8) is 0 Å². The minimum atomic E-state index is 0.391. The van der Waals surface area contributed by atoms with Crippen LogP contribution in [-0.4, -0.2) is 24.1 Å². The molecule has 0 saturated carbocycles. The van der Waals surface area contributed by atoms with E-state index in [-0.39, 0.29) is 0 Å². The lowest BCUT2D eigenvalue weighted by atomic mass is 10.1. The van der Waals surface area contributed by atoms with E-state index in [1.165, 1.54) is 0 Å². The van der Waals surface area contributed by atoms with Gasteiger partial charge in [-0.05, 0) is 12.2 Å². The van der Waals surface area contributed by atoms with E-state index in [9.17, 15) is 0 Å². The van der Waals surface area contributed by atoms with Gasteiger partial charge in [-0.3, -0.25) is 0 Å². The summed E-state index contributed by atoms with van der Waals surface area (Å²) in [6.45, 7) is 5.11. The Bertz CT molecular complexity index is 145. The van der Waals surface area contributed by atoms with Gasteiger partial charge in [-0.15, -0.1) is 0 Å². The monoisotopic (exact) mass is 159 g/mol. The molecule has 1 aliphatic heterocycles. The Kier molecular flexibility index (Phi) is 2.60. The van der Waals surface area contributed by atoms with Crippen LogP contribution >= 0.6 is 11.8 Å². The molecule has 0 spiro atoms. The first kappa shape index (κ1) is 7.92. The van der Waals surface area contributed by atoms with Crippen LogP contribution in [0.2, 0.25) is 0 Å². The van der Waals surface area contributed by atoms with Crippen LogP contribution in [-0.2, 0) is 4.74 Å². The SMILES string of the molecule is CSC1=NC(C(C)C)CO1. The predicted octanol–water partition coefficient (Wildman–Crippen LogP) is 1.76. The largest absolute Gasteiger partial charge is 0.471 e. The molecule has 0 bridgehead atoms.